The zero-order valence-electron chi connectivity index (χ0n) is 15.1. The largest absolute Gasteiger partial charge is 0.279 e. The minimum atomic E-state index is -3.73. The minimum absolute atomic E-state index is 0.121. The number of fused-ring (bicyclic) bond motifs is 1. The van der Waals surface area contributed by atoms with Crippen molar-refractivity contribution in [3.63, 3.8) is 0 Å². The second kappa shape index (κ2) is 7.75. The summed E-state index contributed by atoms with van der Waals surface area (Å²) in [5.74, 6) is 0. The lowest BCUT2D eigenvalue weighted by Crippen LogP contribution is -2.35. The molecular formula is C19H17BrN2O4S3. The summed E-state index contributed by atoms with van der Waals surface area (Å²) in [6.07, 6.45) is 1.60. The van der Waals surface area contributed by atoms with Crippen LogP contribution in [0.5, 0.6) is 0 Å². The van der Waals surface area contributed by atoms with E-state index in [-0.39, 0.29) is 9.10 Å². The molecular weight excluding hydrogens is 496 g/mol. The molecule has 1 aliphatic rings. The highest BCUT2D eigenvalue weighted by Gasteiger charge is 2.29. The second-order valence-corrected chi connectivity index (χ2v) is 12.7. The molecule has 0 bridgehead atoms. The van der Waals surface area contributed by atoms with Gasteiger partial charge in [0.2, 0.25) is 0 Å². The van der Waals surface area contributed by atoms with Crippen LogP contribution in [-0.4, -0.2) is 23.4 Å². The number of benzene rings is 2. The Bertz CT molecular complexity index is 1250. The highest BCUT2D eigenvalue weighted by atomic mass is 79.9. The van der Waals surface area contributed by atoms with Gasteiger partial charge in [-0.05, 0) is 76.8 Å². The lowest BCUT2D eigenvalue weighted by Gasteiger charge is -2.30. The van der Waals surface area contributed by atoms with Crippen molar-refractivity contribution in [2.75, 3.05) is 15.6 Å². The van der Waals surface area contributed by atoms with Crippen LogP contribution in [0.25, 0.3) is 0 Å². The molecule has 6 nitrogen and oxygen atoms in total. The van der Waals surface area contributed by atoms with Gasteiger partial charge in [-0.3, -0.25) is 9.03 Å². The van der Waals surface area contributed by atoms with Crippen molar-refractivity contribution in [2.45, 2.75) is 21.9 Å². The summed E-state index contributed by atoms with van der Waals surface area (Å²) in [7, 11) is -7.46. The van der Waals surface area contributed by atoms with E-state index >= 15 is 0 Å². The predicted molar refractivity (Wildman–Crippen MR) is 119 cm³/mol. The van der Waals surface area contributed by atoms with E-state index in [1.54, 1.807) is 6.07 Å². The van der Waals surface area contributed by atoms with E-state index in [4.69, 9.17) is 0 Å². The van der Waals surface area contributed by atoms with Crippen molar-refractivity contribution in [3.05, 3.63) is 70.0 Å². The Morgan fingerprint density at radius 1 is 0.931 bits per heavy atom. The Labute approximate surface area is 182 Å². The molecule has 0 amide bonds. The molecule has 0 radical (unpaired) electrons. The molecule has 0 aliphatic carbocycles. The highest BCUT2D eigenvalue weighted by Crippen LogP contribution is 2.32. The molecule has 0 saturated heterocycles. The van der Waals surface area contributed by atoms with Gasteiger partial charge in [0.1, 0.15) is 4.21 Å². The lowest BCUT2D eigenvalue weighted by molar-refractivity contribution is 0.586. The average Bonchev–Trinajstić information content (AvgIpc) is 3.15. The Kier molecular flexibility index (Phi) is 5.45. The van der Waals surface area contributed by atoms with E-state index in [1.165, 1.54) is 34.6 Å². The van der Waals surface area contributed by atoms with Gasteiger partial charge in [-0.25, -0.2) is 16.8 Å². The number of anilines is 2. The molecule has 0 fully saturated rings. The van der Waals surface area contributed by atoms with E-state index in [0.717, 1.165) is 29.7 Å². The molecule has 1 aromatic heterocycles. The lowest BCUT2D eigenvalue weighted by atomic mass is 10.0. The molecule has 1 aliphatic heterocycles. The maximum Gasteiger partial charge on any atom is 0.271 e. The van der Waals surface area contributed by atoms with E-state index < -0.39 is 20.0 Å². The summed E-state index contributed by atoms with van der Waals surface area (Å²) >= 11 is 4.34. The van der Waals surface area contributed by atoms with Crippen LogP contribution >= 0.6 is 27.3 Å². The number of nitrogens with one attached hydrogen (secondary N) is 1. The number of hydrogen-bond donors (Lipinski definition) is 1. The molecule has 0 spiro atoms. The molecule has 152 valence electrons. The van der Waals surface area contributed by atoms with E-state index in [9.17, 15) is 16.8 Å². The first-order valence-electron chi connectivity index (χ1n) is 8.76. The molecule has 29 heavy (non-hydrogen) atoms. The van der Waals surface area contributed by atoms with Crippen LogP contribution in [0.1, 0.15) is 12.0 Å². The van der Waals surface area contributed by atoms with E-state index in [2.05, 4.69) is 20.7 Å². The number of nitrogens with zero attached hydrogens (tertiary/aromatic N) is 1. The van der Waals surface area contributed by atoms with Gasteiger partial charge >= 0.3 is 0 Å². The second-order valence-electron chi connectivity index (χ2n) is 6.50. The zero-order valence-corrected chi connectivity index (χ0v) is 19.1. The zero-order chi connectivity index (χ0) is 20.6. The fourth-order valence-electron chi connectivity index (χ4n) is 3.22. The van der Waals surface area contributed by atoms with Crippen LogP contribution in [0.2, 0.25) is 0 Å². The van der Waals surface area contributed by atoms with Crippen LogP contribution in [0.4, 0.5) is 11.4 Å². The summed E-state index contributed by atoms with van der Waals surface area (Å²) in [6, 6.07) is 16.4. The van der Waals surface area contributed by atoms with Crippen molar-refractivity contribution in [1.82, 2.24) is 0 Å². The standard InChI is InChI=1S/C19H17BrN2O4S3/c20-18-11-12-19(27-18)28(23,24)21-15-7-9-16(10-8-15)29(25,26)22-13-3-5-14-4-1-2-6-17(14)22/h1-2,4,6-12,21H,3,5,13H2. The minimum Gasteiger partial charge on any atom is -0.279 e. The van der Waals surface area contributed by atoms with Crippen LogP contribution in [0.15, 0.2) is 73.6 Å². The summed E-state index contributed by atoms with van der Waals surface area (Å²) < 4.78 is 56.0. The monoisotopic (exact) mass is 512 g/mol. The van der Waals surface area contributed by atoms with Crippen LogP contribution in [0, 0.1) is 0 Å². The molecule has 0 unspecified atom stereocenters. The predicted octanol–water partition coefficient (Wildman–Crippen LogP) is 4.45. The molecule has 10 heteroatoms. The first-order chi connectivity index (χ1) is 13.8. The molecule has 2 heterocycles. The fourth-order valence-corrected chi connectivity index (χ4v) is 7.83. The third-order valence-electron chi connectivity index (χ3n) is 4.58. The van der Waals surface area contributed by atoms with Gasteiger partial charge < -0.3 is 0 Å². The SMILES string of the molecule is O=S(=O)(Nc1ccc(S(=O)(=O)N2CCCc3ccccc32)cc1)c1ccc(Br)s1. The molecule has 3 aromatic rings. The third-order valence-corrected chi connectivity index (χ3v) is 9.90. The summed E-state index contributed by atoms with van der Waals surface area (Å²) in [5.41, 5.74) is 2.01. The smallest absolute Gasteiger partial charge is 0.271 e. The van der Waals surface area contributed by atoms with Gasteiger partial charge in [0.05, 0.1) is 14.4 Å². The van der Waals surface area contributed by atoms with Gasteiger partial charge in [-0.15, -0.1) is 11.3 Å². The van der Waals surface area contributed by atoms with Gasteiger partial charge in [-0.1, -0.05) is 18.2 Å². The number of hydrogen-bond acceptors (Lipinski definition) is 5. The van der Waals surface area contributed by atoms with E-state index in [1.807, 2.05) is 24.3 Å². The fraction of sp³-hybridized carbons (Fsp3) is 0.158. The maximum atomic E-state index is 13.2. The molecule has 0 saturated carbocycles. The topological polar surface area (TPSA) is 83.5 Å². The van der Waals surface area contributed by atoms with Gasteiger partial charge in [0, 0.05) is 12.2 Å². The Morgan fingerprint density at radius 2 is 1.66 bits per heavy atom. The van der Waals surface area contributed by atoms with Crippen molar-refractivity contribution in [3.8, 4) is 0 Å². The molecule has 0 atom stereocenters. The first-order valence-corrected chi connectivity index (χ1v) is 13.3. The normalized spacial score (nSPS) is 14.4. The van der Waals surface area contributed by atoms with Gasteiger partial charge in [0.25, 0.3) is 20.0 Å². The van der Waals surface area contributed by atoms with Crippen LogP contribution < -0.4 is 9.03 Å². The Balaban J connectivity index is 1.60. The molecule has 2 aromatic carbocycles. The number of para-hydroxylation sites is 1. The van der Waals surface area contributed by atoms with Gasteiger partial charge in [-0.2, -0.15) is 0 Å². The number of rotatable bonds is 5. The number of halogens is 1. The average molecular weight is 513 g/mol. The number of sulfonamides is 2. The molecule has 1 N–H and O–H groups in total. The van der Waals surface area contributed by atoms with Crippen molar-refractivity contribution in [2.24, 2.45) is 0 Å². The van der Waals surface area contributed by atoms with Crippen LogP contribution in [0.3, 0.4) is 0 Å². The Morgan fingerprint density at radius 3 is 2.34 bits per heavy atom. The summed E-state index contributed by atoms with van der Waals surface area (Å²) in [5, 5.41) is 0. The molecule has 4 rings (SSSR count). The van der Waals surface area contributed by atoms with Crippen molar-refractivity contribution >= 4 is 58.7 Å². The van der Waals surface area contributed by atoms with E-state index in [0.29, 0.717) is 21.7 Å². The highest BCUT2D eigenvalue weighted by molar-refractivity contribution is 9.11. The summed E-state index contributed by atoms with van der Waals surface area (Å²) in [4.78, 5) is 0.121. The first kappa shape index (κ1) is 20.4. The van der Waals surface area contributed by atoms with Gasteiger partial charge in [0.15, 0.2) is 0 Å². The number of aryl methyl sites for hydroxylation is 1. The number of thiophene rings is 1. The van der Waals surface area contributed by atoms with Crippen molar-refractivity contribution < 1.29 is 16.8 Å². The quantitative estimate of drug-likeness (QED) is 0.547. The van der Waals surface area contributed by atoms with Crippen LogP contribution in [-0.2, 0) is 26.5 Å². The maximum absolute atomic E-state index is 13.2. The van der Waals surface area contributed by atoms with Crippen molar-refractivity contribution in [1.29, 1.82) is 0 Å². The summed E-state index contributed by atoms with van der Waals surface area (Å²) in [6.45, 7) is 0.418. The Hall–Kier alpha value is -1.88. The third kappa shape index (κ3) is 4.07.